The van der Waals surface area contributed by atoms with E-state index < -0.39 is 65.4 Å². The largest absolute Gasteiger partial charge is 0.490 e. The first-order chi connectivity index (χ1) is 13.4. The van der Waals surface area contributed by atoms with Gasteiger partial charge in [0.25, 0.3) is 5.56 Å². The zero-order chi connectivity index (χ0) is 23.1. The summed E-state index contributed by atoms with van der Waals surface area (Å²) >= 11 is 0. The Kier molecular flexibility index (Phi) is 7.14. The summed E-state index contributed by atoms with van der Waals surface area (Å²) in [7, 11) is -16.8. The van der Waals surface area contributed by atoms with Gasteiger partial charge in [0, 0.05) is 12.3 Å². The Bertz CT molecular complexity index is 1040. The van der Waals surface area contributed by atoms with Crippen molar-refractivity contribution in [1.82, 2.24) is 9.55 Å². The van der Waals surface area contributed by atoms with Crippen LogP contribution in [0.15, 0.2) is 21.9 Å². The van der Waals surface area contributed by atoms with Crippen LogP contribution in [-0.4, -0.2) is 63.8 Å². The Morgan fingerprint density at radius 1 is 1.17 bits per heavy atom. The van der Waals surface area contributed by atoms with Gasteiger partial charge in [-0.25, -0.2) is 18.5 Å². The summed E-state index contributed by atoms with van der Waals surface area (Å²) in [4.78, 5) is 60.3. The van der Waals surface area contributed by atoms with Crippen molar-refractivity contribution in [2.45, 2.75) is 31.0 Å². The molecule has 6 atom stereocenters. The highest BCUT2D eigenvalue weighted by atomic mass is 31.3. The molecule has 0 spiro atoms. The number of aromatic nitrogens is 2. The molecule has 1 saturated heterocycles. The van der Waals surface area contributed by atoms with E-state index in [0.29, 0.717) is 4.57 Å². The molecule has 30 heavy (non-hydrogen) atoms. The number of aliphatic hydroxyl groups excluding tert-OH is 1. The van der Waals surface area contributed by atoms with Gasteiger partial charge in [0.1, 0.15) is 17.8 Å². The molecule has 0 radical (unpaired) electrons. The van der Waals surface area contributed by atoms with Crippen molar-refractivity contribution in [1.29, 1.82) is 0 Å². The van der Waals surface area contributed by atoms with Gasteiger partial charge in [-0.15, -0.1) is 0 Å². The highest BCUT2D eigenvalue weighted by Crippen LogP contribution is 2.66. The second kappa shape index (κ2) is 8.48. The Labute approximate surface area is 165 Å². The molecule has 0 saturated carbocycles. The van der Waals surface area contributed by atoms with Crippen LogP contribution in [0.5, 0.6) is 0 Å². The molecule has 0 amide bonds. The maximum atomic E-state index is 11.8. The molecule has 0 aliphatic carbocycles. The molecule has 1 aliphatic heterocycles. The third-order valence-electron chi connectivity index (χ3n) is 3.75. The molecule has 0 bridgehead atoms. The fourth-order valence-electron chi connectivity index (χ4n) is 2.38. The lowest BCUT2D eigenvalue weighted by Crippen LogP contribution is -2.47. The molecule has 2 heterocycles. The van der Waals surface area contributed by atoms with Crippen LogP contribution < -0.4 is 11.2 Å². The van der Waals surface area contributed by atoms with Gasteiger partial charge in [0.2, 0.25) is 0 Å². The first kappa shape index (κ1) is 25.2. The van der Waals surface area contributed by atoms with Gasteiger partial charge in [-0.1, -0.05) is 0 Å². The number of hydrogen-bond donors (Lipinski definition) is 7. The number of nitrogens with one attached hydrogen (secondary N) is 1. The molecule has 20 heteroatoms. The Hall–Kier alpha value is -1.03. The van der Waals surface area contributed by atoms with Gasteiger partial charge < -0.3 is 34.5 Å². The van der Waals surface area contributed by atoms with Gasteiger partial charge in [0.15, 0.2) is 6.23 Å². The SMILES string of the molecule is C[C@@]1(O)[C@@H](COP(=O)(O)OP(=O)(O)OP(=O)(O)O)O[C@@H](n2ccc(=O)[nH]c2=O)[C@@H]1O. The molecule has 1 aliphatic rings. The minimum atomic E-state index is -5.75. The average Bonchev–Trinajstić information content (AvgIpc) is 2.73. The van der Waals surface area contributed by atoms with Crippen LogP contribution in [0, 0.1) is 0 Å². The second-order valence-corrected chi connectivity index (χ2v) is 10.5. The fraction of sp³-hybridized carbons (Fsp3) is 0.600. The van der Waals surface area contributed by atoms with Crippen molar-refractivity contribution in [2.24, 2.45) is 0 Å². The van der Waals surface area contributed by atoms with Gasteiger partial charge in [0.05, 0.1) is 6.61 Å². The van der Waals surface area contributed by atoms with Crippen LogP contribution >= 0.6 is 23.5 Å². The molecular formula is C10H17N2O15P3. The number of nitrogens with zero attached hydrogens (tertiary/aromatic N) is 1. The van der Waals surface area contributed by atoms with Crippen LogP contribution in [0.2, 0.25) is 0 Å². The molecule has 0 aromatic carbocycles. The topological polar surface area (TPSA) is 264 Å². The van der Waals surface area contributed by atoms with E-state index in [1.54, 1.807) is 0 Å². The Balaban J connectivity index is 2.13. The van der Waals surface area contributed by atoms with E-state index >= 15 is 0 Å². The van der Waals surface area contributed by atoms with Crippen molar-refractivity contribution in [3.05, 3.63) is 33.1 Å². The second-order valence-electron chi connectivity index (χ2n) is 6.09. The van der Waals surface area contributed by atoms with Gasteiger partial charge in [-0.2, -0.15) is 8.62 Å². The van der Waals surface area contributed by atoms with Crippen LogP contribution in [0.4, 0.5) is 0 Å². The predicted octanol–water partition coefficient (Wildman–Crippen LogP) is -2.11. The maximum Gasteiger partial charge on any atom is 0.490 e. The van der Waals surface area contributed by atoms with E-state index in [0.717, 1.165) is 19.2 Å². The van der Waals surface area contributed by atoms with E-state index in [1.165, 1.54) is 0 Å². The van der Waals surface area contributed by atoms with E-state index in [-0.39, 0.29) is 0 Å². The summed E-state index contributed by atoms with van der Waals surface area (Å²) in [5.41, 5.74) is -3.96. The monoisotopic (exact) mass is 498 g/mol. The fourth-order valence-corrected chi connectivity index (χ4v) is 5.40. The summed E-state index contributed by atoms with van der Waals surface area (Å²) in [6.45, 7) is -0.0538. The van der Waals surface area contributed by atoms with Crippen molar-refractivity contribution in [3.63, 3.8) is 0 Å². The molecule has 1 fully saturated rings. The van der Waals surface area contributed by atoms with Crippen molar-refractivity contribution in [3.8, 4) is 0 Å². The first-order valence-corrected chi connectivity index (χ1v) is 12.1. The molecule has 1 aromatic heterocycles. The summed E-state index contributed by atoms with van der Waals surface area (Å²) in [5, 5.41) is 20.6. The molecule has 17 nitrogen and oxygen atoms in total. The Morgan fingerprint density at radius 3 is 2.30 bits per heavy atom. The summed E-state index contributed by atoms with van der Waals surface area (Å²) in [5.74, 6) is 0. The zero-order valence-corrected chi connectivity index (χ0v) is 17.4. The van der Waals surface area contributed by atoms with Crippen LogP contribution in [0.1, 0.15) is 13.2 Å². The first-order valence-electron chi connectivity index (χ1n) is 7.59. The quantitative estimate of drug-likeness (QED) is 0.189. The molecule has 2 unspecified atom stereocenters. The normalized spacial score (nSPS) is 31.2. The van der Waals surface area contributed by atoms with Crippen molar-refractivity contribution in [2.75, 3.05) is 6.61 Å². The standard InChI is InChI=1S/C10H17N2O15P3/c1-10(16)5(4-24-29(20,21)27-30(22,23)26-28(17,18)19)25-8(7(10)14)12-3-2-6(13)11-9(12)15/h2-3,5,7-8,14,16H,4H2,1H3,(H,20,21)(H,22,23)(H,11,13,15)(H2,17,18,19)/t5-,7+,8-,10-/m1/s1. The lowest BCUT2D eigenvalue weighted by molar-refractivity contribution is -0.0793. The van der Waals surface area contributed by atoms with Crippen LogP contribution in [0.3, 0.4) is 0 Å². The van der Waals surface area contributed by atoms with Crippen LogP contribution in [0.25, 0.3) is 0 Å². The smallest absolute Gasteiger partial charge is 0.385 e. The van der Waals surface area contributed by atoms with Gasteiger partial charge >= 0.3 is 29.2 Å². The minimum absolute atomic E-state index is 0.714. The molecule has 2 rings (SSSR count). The number of hydrogen-bond acceptors (Lipinski definition) is 11. The van der Waals surface area contributed by atoms with Crippen LogP contribution in [-0.2, 0) is 31.6 Å². The number of phosphoric acid groups is 3. The maximum absolute atomic E-state index is 11.8. The number of aliphatic hydroxyl groups is 2. The molecule has 172 valence electrons. The van der Waals surface area contributed by atoms with E-state index in [2.05, 4.69) is 13.1 Å². The summed E-state index contributed by atoms with van der Waals surface area (Å²) < 4.78 is 51.0. The Morgan fingerprint density at radius 2 is 1.77 bits per heavy atom. The van der Waals surface area contributed by atoms with Gasteiger partial charge in [-0.3, -0.25) is 18.9 Å². The number of aromatic amines is 1. The molecular weight excluding hydrogens is 481 g/mol. The van der Waals surface area contributed by atoms with E-state index in [9.17, 15) is 38.4 Å². The third kappa shape index (κ3) is 6.24. The van der Waals surface area contributed by atoms with E-state index in [1.807, 2.05) is 4.98 Å². The highest BCUT2D eigenvalue weighted by Gasteiger charge is 2.54. The molecule has 7 N–H and O–H groups in total. The number of phosphoric ester groups is 1. The number of ether oxygens (including phenoxy) is 1. The lowest BCUT2D eigenvalue weighted by atomic mass is 9.95. The number of H-pyrrole nitrogens is 1. The van der Waals surface area contributed by atoms with Crippen molar-refractivity contribution >= 4 is 23.5 Å². The summed E-state index contributed by atoms with van der Waals surface area (Å²) in [6.07, 6.45) is -4.05. The third-order valence-corrected chi connectivity index (χ3v) is 7.56. The predicted molar refractivity (Wildman–Crippen MR) is 91.7 cm³/mol. The van der Waals surface area contributed by atoms with Crippen molar-refractivity contribution < 1.29 is 61.4 Å². The summed E-state index contributed by atoms with van der Waals surface area (Å²) in [6, 6.07) is 0.922. The van der Waals surface area contributed by atoms with Gasteiger partial charge in [-0.05, 0) is 6.92 Å². The zero-order valence-electron chi connectivity index (χ0n) is 14.7. The lowest BCUT2D eigenvalue weighted by Gasteiger charge is -2.26. The minimum Gasteiger partial charge on any atom is -0.385 e. The highest BCUT2D eigenvalue weighted by molar-refractivity contribution is 7.66. The molecule has 1 aromatic rings. The average molecular weight is 498 g/mol. The number of rotatable bonds is 8. The van der Waals surface area contributed by atoms with E-state index in [4.69, 9.17) is 19.4 Å².